The molecule has 2 rings (SSSR count). The van der Waals surface area contributed by atoms with Gasteiger partial charge in [-0.2, -0.15) is 0 Å². The normalized spacial score (nSPS) is 31.3. The number of guanidine groups is 1. The molecule has 2 atom stereocenters. The lowest BCUT2D eigenvalue weighted by atomic mass is 9.79. The van der Waals surface area contributed by atoms with E-state index in [1.54, 1.807) is 0 Å². The van der Waals surface area contributed by atoms with Crippen molar-refractivity contribution in [1.82, 2.24) is 10.2 Å². The third-order valence-corrected chi connectivity index (χ3v) is 6.35. The maximum atomic E-state index is 11.6. The first-order chi connectivity index (χ1) is 10.2. The van der Waals surface area contributed by atoms with Crippen molar-refractivity contribution in [1.29, 1.82) is 0 Å². The van der Waals surface area contributed by atoms with Crippen LogP contribution >= 0.6 is 0 Å². The fraction of sp³-hybridized carbons (Fsp3) is 0.938. The zero-order valence-corrected chi connectivity index (χ0v) is 15.2. The van der Waals surface area contributed by atoms with Crippen LogP contribution in [0.15, 0.2) is 4.99 Å². The summed E-state index contributed by atoms with van der Waals surface area (Å²) in [6.45, 7) is 12.5. The molecule has 2 unspecified atom stereocenters. The highest BCUT2D eigenvalue weighted by Crippen LogP contribution is 2.32. The zero-order valence-electron chi connectivity index (χ0n) is 14.4. The van der Waals surface area contributed by atoms with Crippen LogP contribution in [0.2, 0.25) is 0 Å². The number of rotatable bonds is 3. The lowest BCUT2D eigenvalue weighted by molar-refractivity contribution is 0.129. The molecule has 0 aromatic rings. The summed E-state index contributed by atoms with van der Waals surface area (Å²) in [7, 11) is -2.81. The SMILES string of the molecule is CCNC(=NCC1CCS(=O)(=O)C1)N1CC(C)CC(C)(C)C1. The number of hydrogen-bond donors (Lipinski definition) is 1. The van der Waals surface area contributed by atoms with E-state index in [0.29, 0.717) is 29.4 Å². The molecule has 0 aromatic carbocycles. The van der Waals surface area contributed by atoms with Gasteiger partial charge in [0.15, 0.2) is 15.8 Å². The van der Waals surface area contributed by atoms with Crippen molar-refractivity contribution in [3.8, 4) is 0 Å². The number of likely N-dealkylation sites (tertiary alicyclic amines) is 1. The number of sulfone groups is 1. The van der Waals surface area contributed by atoms with Crippen molar-refractivity contribution in [3.05, 3.63) is 0 Å². The predicted octanol–water partition coefficient (Wildman–Crippen LogP) is 1.75. The molecule has 22 heavy (non-hydrogen) atoms. The van der Waals surface area contributed by atoms with Gasteiger partial charge in [-0.1, -0.05) is 20.8 Å². The Kier molecular flexibility index (Phi) is 5.41. The van der Waals surface area contributed by atoms with Gasteiger partial charge in [-0.15, -0.1) is 0 Å². The number of nitrogens with zero attached hydrogens (tertiary/aromatic N) is 2. The van der Waals surface area contributed by atoms with Gasteiger partial charge < -0.3 is 10.2 Å². The predicted molar refractivity (Wildman–Crippen MR) is 91.9 cm³/mol. The molecule has 0 saturated carbocycles. The number of nitrogens with one attached hydrogen (secondary N) is 1. The molecule has 0 radical (unpaired) electrons. The van der Waals surface area contributed by atoms with Crippen LogP contribution in [0.3, 0.4) is 0 Å². The van der Waals surface area contributed by atoms with Gasteiger partial charge in [0.2, 0.25) is 0 Å². The summed E-state index contributed by atoms with van der Waals surface area (Å²) in [5.74, 6) is 2.43. The van der Waals surface area contributed by atoms with Crippen molar-refractivity contribution < 1.29 is 8.42 Å². The van der Waals surface area contributed by atoms with Gasteiger partial charge in [0, 0.05) is 26.2 Å². The number of hydrogen-bond acceptors (Lipinski definition) is 3. The highest BCUT2D eigenvalue weighted by molar-refractivity contribution is 7.91. The van der Waals surface area contributed by atoms with Crippen LogP contribution in [0, 0.1) is 17.3 Å². The minimum atomic E-state index is -2.81. The first-order valence-corrected chi connectivity index (χ1v) is 10.3. The van der Waals surface area contributed by atoms with E-state index in [2.05, 4.69) is 37.9 Å². The zero-order chi connectivity index (χ0) is 16.4. The van der Waals surface area contributed by atoms with Gasteiger partial charge in [-0.3, -0.25) is 4.99 Å². The first-order valence-electron chi connectivity index (χ1n) is 8.44. The van der Waals surface area contributed by atoms with E-state index in [1.807, 2.05) is 0 Å². The lowest BCUT2D eigenvalue weighted by Crippen LogP contribution is -2.51. The largest absolute Gasteiger partial charge is 0.357 e. The van der Waals surface area contributed by atoms with Crippen molar-refractivity contribution in [3.63, 3.8) is 0 Å². The Balaban J connectivity index is 2.04. The molecule has 2 heterocycles. The second-order valence-electron chi connectivity index (χ2n) is 7.82. The van der Waals surface area contributed by atoms with Crippen molar-refractivity contribution in [2.45, 2.75) is 40.5 Å². The second-order valence-corrected chi connectivity index (χ2v) is 10.0. The Labute approximate surface area is 135 Å². The quantitative estimate of drug-likeness (QED) is 0.633. The van der Waals surface area contributed by atoms with Crippen molar-refractivity contribution in [2.24, 2.45) is 22.2 Å². The van der Waals surface area contributed by atoms with Gasteiger partial charge >= 0.3 is 0 Å². The lowest BCUT2D eigenvalue weighted by Gasteiger charge is -2.43. The molecular formula is C16H31N3O2S. The third-order valence-electron chi connectivity index (χ3n) is 4.51. The highest BCUT2D eigenvalue weighted by atomic mass is 32.2. The minimum Gasteiger partial charge on any atom is -0.357 e. The average Bonchev–Trinajstić information content (AvgIpc) is 2.71. The van der Waals surface area contributed by atoms with Crippen LogP contribution in [0.25, 0.3) is 0 Å². The van der Waals surface area contributed by atoms with Crippen LogP contribution < -0.4 is 5.32 Å². The molecule has 2 fully saturated rings. The van der Waals surface area contributed by atoms with Crippen LogP contribution in [0.5, 0.6) is 0 Å². The van der Waals surface area contributed by atoms with Gasteiger partial charge in [0.25, 0.3) is 0 Å². The Bertz CT molecular complexity index is 513. The van der Waals surface area contributed by atoms with Gasteiger partial charge in [-0.25, -0.2) is 8.42 Å². The Morgan fingerprint density at radius 1 is 1.41 bits per heavy atom. The minimum absolute atomic E-state index is 0.189. The molecule has 5 nitrogen and oxygen atoms in total. The summed E-state index contributed by atoms with van der Waals surface area (Å²) in [5, 5.41) is 3.38. The second kappa shape index (κ2) is 6.77. The summed E-state index contributed by atoms with van der Waals surface area (Å²) in [4.78, 5) is 7.10. The van der Waals surface area contributed by atoms with Crippen LogP contribution in [0.4, 0.5) is 0 Å². The van der Waals surface area contributed by atoms with E-state index in [9.17, 15) is 8.42 Å². The molecule has 1 N–H and O–H groups in total. The smallest absolute Gasteiger partial charge is 0.193 e. The highest BCUT2D eigenvalue weighted by Gasteiger charge is 2.32. The molecule has 0 aromatic heterocycles. The van der Waals surface area contributed by atoms with Crippen LogP contribution in [-0.4, -0.2) is 57.0 Å². The molecule has 0 amide bonds. The molecule has 128 valence electrons. The average molecular weight is 330 g/mol. The summed E-state index contributed by atoms with van der Waals surface area (Å²) < 4.78 is 23.1. The van der Waals surface area contributed by atoms with E-state index < -0.39 is 9.84 Å². The molecular weight excluding hydrogens is 298 g/mol. The third kappa shape index (κ3) is 4.86. The first kappa shape index (κ1) is 17.6. The van der Waals surface area contributed by atoms with Crippen LogP contribution in [0.1, 0.15) is 40.5 Å². The van der Waals surface area contributed by atoms with Crippen molar-refractivity contribution in [2.75, 3.05) is 37.7 Å². The van der Waals surface area contributed by atoms with Gasteiger partial charge in [-0.05, 0) is 37.0 Å². The Morgan fingerprint density at radius 2 is 2.14 bits per heavy atom. The fourth-order valence-electron chi connectivity index (χ4n) is 3.85. The number of piperidine rings is 1. The summed E-state index contributed by atoms with van der Waals surface area (Å²) >= 11 is 0. The molecule has 2 aliphatic rings. The molecule has 2 aliphatic heterocycles. The molecule has 0 aliphatic carbocycles. The Morgan fingerprint density at radius 3 is 2.68 bits per heavy atom. The van der Waals surface area contributed by atoms with E-state index in [0.717, 1.165) is 32.0 Å². The van der Waals surface area contributed by atoms with Gasteiger partial charge in [0.1, 0.15) is 0 Å². The maximum Gasteiger partial charge on any atom is 0.193 e. The maximum absolute atomic E-state index is 11.6. The summed E-state index contributed by atoms with van der Waals surface area (Å²) in [5.41, 5.74) is 0.296. The van der Waals surface area contributed by atoms with Gasteiger partial charge in [0.05, 0.1) is 11.5 Å². The van der Waals surface area contributed by atoms with E-state index in [1.165, 1.54) is 6.42 Å². The van der Waals surface area contributed by atoms with E-state index >= 15 is 0 Å². The molecule has 6 heteroatoms. The monoisotopic (exact) mass is 329 g/mol. The fourth-order valence-corrected chi connectivity index (χ4v) is 5.70. The number of aliphatic imine (C=N–C) groups is 1. The standard InChI is InChI=1S/C16H31N3O2S/c1-5-17-15(18-9-14-6-7-22(20,21)11-14)19-10-13(2)8-16(3,4)12-19/h13-14H,5-12H2,1-4H3,(H,17,18). The Hall–Kier alpha value is -0.780. The van der Waals surface area contributed by atoms with Crippen LogP contribution in [-0.2, 0) is 9.84 Å². The molecule has 2 saturated heterocycles. The van der Waals surface area contributed by atoms with E-state index in [-0.39, 0.29) is 5.92 Å². The topological polar surface area (TPSA) is 61.8 Å². The summed E-state index contributed by atoms with van der Waals surface area (Å²) in [6.07, 6.45) is 2.00. The summed E-state index contributed by atoms with van der Waals surface area (Å²) in [6, 6.07) is 0. The molecule has 0 bridgehead atoms. The van der Waals surface area contributed by atoms with E-state index in [4.69, 9.17) is 4.99 Å². The van der Waals surface area contributed by atoms with Crippen molar-refractivity contribution >= 4 is 15.8 Å². The molecule has 0 spiro atoms.